The van der Waals surface area contributed by atoms with E-state index in [4.69, 9.17) is 9.47 Å². The second kappa shape index (κ2) is 11.1. The Kier molecular flexibility index (Phi) is 8.26. The summed E-state index contributed by atoms with van der Waals surface area (Å²) in [5.74, 6) is 0.889. The molecule has 168 valence electrons. The molecule has 1 amide bonds. The van der Waals surface area contributed by atoms with Gasteiger partial charge in [0.2, 0.25) is 0 Å². The van der Waals surface area contributed by atoms with E-state index < -0.39 is 0 Å². The highest BCUT2D eigenvalue weighted by Gasteiger charge is 2.22. The topological polar surface area (TPSA) is 54.0 Å². The average molecular weight is 430 g/mol. The maximum absolute atomic E-state index is 13.1. The molecule has 3 rings (SSSR count). The molecule has 31 heavy (non-hydrogen) atoms. The molecule has 1 heterocycles. The van der Waals surface area contributed by atoms with Crippen molar-refractivity contribution in [2.24, 2.45) is 0 Å². The molecule has 1 fully saturated rings. The number of nitrogens with one attached hydrogen (secondary N) is 1. The molecule has 1 aliphatic heterocycles. The van der Waals surface area contributed by atoms with E-state index in [1.165, 1.54) is 12.1 Å². The lowest BCUT2D eigenvalue weighted by atomic mass is 10.1. The van der Waals surface area contributed by atoms with Gasteiger partial charge in [-0.2, -0.15) is 0 Å². The van der Waals surface area contributed by atoms with Crippen LogP contribution in [0.2, 0.25) is 0 Å². The molecule has 6 nitrogen and oxygen atoms in total. The number of hydrogen-bond donors (Lipinski definition) is 1. The van der Waals surface area contributed by atoms with Crippen molar-refractivity contribution in [1.29, 1.82) is 0 Å². The number of carbonyl (C=O) groups excluding carboxylic acids is 1. The fourth-order valence-corrected chi connectivity index (χ4v) is 3.62. The second-order valence-electron chi connectivity index (χ2n) is 8.14. The van der Waals surface area contributed by atoms with E-state index >= 15 is 0 Å². The first-order valence-corrected chi connectivity index (χ1v) is 10.7. The molecular formula is C24H32FN3O3. The van der Waals surface area contributed by atoms with Gasteiger partial charge in [0.15, 0.2) is 11.5 Å². The number of piperidine rings is 1. The molecule has 7 heteroatoms. The minimum atomic E-state index is -0.210. The lowest BCUT2D eigenvalue weighted by Crippen LogP contribution is -2.37. The summed E-state index contributed by atoms with van der Waals surface area (Å²) in [5, 5.41) is 2.92. The van der Waals surface area contributed by atoms with Crippen LogP contribution in [0.15, 0.2) is 42.5 Å². The van der Waals surface area contributed by atoms with Gasteiger partial charge in [-0.1, -0.05) is 12.1 Å². The van der Waals surface area contributed by atoms with Crippen molar-refractivity contribution in [1.82, 2.24) is 15.1 Å². The first-order chi connectivity index (χ1) is 14.9. The third-order valence-electron chi connectivity index (χ3n) is 5.42. The van der Waals surface area contributed by atoms with Crippen LogP contribution < -0.4 is 14.8 Å². The number of halogens is 1. The Hall–Kier alpha value is -2.64. The second-order valence-corrected chi connectivity index (χ2v) is 8.14. The number of amides is 1. The van der Waals surface area contributed by atoms with Gasteiger partial charge in [-0.15, -0.1) is 0 Å². The number of methoxy groups -OCH3 is 1. The Labute approximate surface area is 183 Å². The molecule has 0 atom stereocenters. The van der Waals surface area contributed by atoms with Gasteiger partial charge >= 0.3 is 0 Å². The highest BCUT2D eigenvalue weighted by molar-refractivity contribution is 5.94. The number of rotatable bonds is 9. The van der Waals surface area contributed by atoms with Crippen molar-refractivity contribution >= 4 is 5.91 Å². The monoisotopic (exact) mass is 429 g/mol. The number of nitrogens with zero attached hydrogens (tertiary/aromatic N) is 2. The zero-order valence-corrected chi connectivity index (χ0v) is 18.6. The summed E-state index contributed by atoms with van der Waals surface area (Å²) in [7, 11) is 5.54. The normalized spacial score (nSPS) is 15.1. The van der Waals surface area contributed by atoms with Gasteiger partial charge in [0.25, 0.3) is 5.91 Å². The summed E-state index contributed by atoms with van der Waals surface area (Å²) >= 11 is 0. The lowest BCUT2D eigenvalue weighted by Gasteiger charge is -2.32. The Morgan fingerprint density at radius 2 is 1.84 bits per heavy atom. The van der Waals surface area contributed by atoms with E-state index in [0.717, 1.165) is 44.6 Å². The van der Waals surface area contributed by atoms with Crippen molar-refractivity contribution in [3.8, 4) is 11.5 Å². The van der Waals surface area contributed by atoms with Crippen LogP contribution in [0.3, 0.4) is 0 Å². The lowest BCUT2D eigenvalue weighted by molar-refractivity contribution is 0.0923. The van der Waals surface area contributed by atoms with Gasteiger partial charge < -0.3 is 19.7 Å². The molecule has 0 aliphatic carbocycles. The van der Waals surface area contributed by atoms with E-state index in [2.05, 4.69) is 10.2 Å². The smallest absolute Gasteiger partial charge is 0.251 e. The minimum Gasteiger partial charge on any atom is -0.493 e. The average Bonchev–Trinajstić information content (AvgIpc) is 2.76. The van der Waals surface area contributed by atoms with Crippen molar-refractivity contribution in [2.75, 3.05) is 47.4 Å². The number of benzene rings is 2. The van der Waals surface area contributed by atoms with Crippen LogP contribution in [0, 0.1) is 5.82 Å². The van der Waals surface area contributed by atoms with Gasteiger partial charge in [-0.25, -0.2) is 4.39 Å². The molecule has 0 saturated carbocycles. The van der Waals surface area contributed by atoms with Crippen molar-refractivity contribution in [3.05, 3.63) is 59.4 Å². The van der Waals surface area contributed by atoms with E-state index in [1.54, 1.807) is 25.3 Å². The summed E-state index contributed by atoms with van der Waals surface area (Å²) in [6.45, 7) is 3.96. The van der Waals surface area contributed by atoms with Gasteiger partial charge in [-0.3, -0.25) is 9.69 Å². The van der Waals surface area contributed by atoms with Gasteiger partial charge in [0.05, 0.1) is 7.11 Å². The zero-order chi connectivity index (χ0) is 22.2. The molecule has 1 aliphatic rings. The van der Waals surface area contributed by atoms with Gasteiger partial charge in [0.1, 0.15) is 11.9 Å². The van der Waals surface area contributed by atoms with Crippen LogP contribution in [0.25, 0.3) is 0 Å². The van der Waals surface area contributed by atoms with E-state index in [0.29, 0.717) is 23.6 Å². The Morgan fingerprint density at radius 3 is 2.48 bits per heavy atom. The van der Waals surface area contributed by atoms with Crippen LogP contribution in [-0.4, -0.2) is 69.2 Å². The Morgan fingerprint density at radius 1 is 1.13 bits per heavy atom. The molecular weight excluding hydrogens is 397 g/mol. The number of likely N-dealkylation sites (N-methyl/N-ethyl adjacent to an activating group) is 1. The molecule has 0 aromatic heterocycles. The summed E-state index contributed by atoms with van der Waals surface area (Å²) in [5.41, 5.74) is 1.67. The van der Waals surface area contributed by atoms with Crippen LogP contribution in [0.4, 0.5) is 4.39 Å². The molecule has 1 N–H and O–H groups in total. The SMILES string of the molecule is COc1ccc(C(=O)NCCN(C)C)cc1OC1CCN(Cc2ccc(F)cc2)CC1. The standard InChI is InChI=1S/C24H32FN3O3/c1-27(2)15-12-26-24(29)19-6-9-22(30-3)23(16-19)31-21-10-13-28(14-11-21)17-18-4-7-20(25)8-5-18/h4-9,16,21H,10-15,17H2,1-3H3,(H,26,29). The highest BCUT2D eigenvalue weighted by atomic mass is 19.1. The zero-order valence-electron chi connectivity index (χ0n) is 18.6. The van der Waals surface area contributed by atoms with E-state index in [-0.39, 0.29) is 17.8 Å². The fraction of sp³-hybridized carbons (Fsp3) is 0.458. The summed E-state index contributed by atoms with van der Waals surface area (Å²) in [4.78, 5) is 16.8. The molecule has 0 spiro atoms. The first kappa shape index (κ1) is 23.0. The van der Waals surface area contributed by atoms with Gasteiger partial charge in [0, 0.05) is 38.3 Å². The maximum Gasteiger partial charge on any atom is 0.251 e. The number of ether oxygens (including phenoxy) is 2. The highest BCUT2D eigenvalue weighted by Crippen LogP contribution is 2.31. The molecule has 2 aromatic rings. The Balaban J connectivity index is 1.55. The van der Waals surface area contributed by atoms with E-state index in [9.17, 15) is 9.18 Å². The first-order valence-electron chi connectivity index (χ1n) is 10.7. The van der Waals surface area contributed by atoms with Crippen LogP contribution >= 0.6 is 0 Å². The Bertz CT molecular complexity index is 850. The van der Waals surface area contributed by atoms with Crippen LogP contribution in [0.5, 0.6) is 11.5 Å². The van der Waals surface area contributed by atoms with Crippen molar-refractivity contribution in [3.63, 3.8) is 0 Å². The molecule has 1 saturated heterocycles. The minimum absolute atomic E-state index is 0.0606. The van der Waals surface area contributed by atoms with Crippen molar-refractivity contribution in [2.45, 2.75) is 25.5 Å². The summed E-state index contributed by atoms with van der Waals surface area (Å²) in [6.07, 6.45) is 1.82. The third-order valence-corrected chi connectivity index (χ3v) is 5.42. The molecule has 0 radical (unpaired) electrons. The summed E-state index contributed by atoms with van der Waals surface area (Å²) < 4.78 is 24.8. The third kappa shape index (κ3) is 6.94. The molecule has 0 bridgehead atoms. The largest absolute Gasteiger partial charge is 0.493 e. The maximum atomic E-state index is 13.1. The number of likely N-dealkylation sites (tertiary alicyclic amines) is 1. The fourth-order valence-electron chi connectivity index (χ4n) is 3.62. The van der Waals surface area contributed by atoms with Crippen molar-refractivity contribution < 1.29 is 18.7 Å². The molecule has 0 unspecified atom stereocenters. The predicted molar refractivity (Wildman–Crippen MR) is 119 cm³/mol. The number of carbonyl (C=O) groups is 1. The van der Waals surface area contributed by atoms with E-state index in [1.807, 2.05) is 31.1 Å². The molecule has 2 aromatic carbocycles. The van der Waals surface area contributed by atoms with Gasteiger partial charge in [-0.05, 0) is 62.8 Å². The van der Waals surface area contributed by atoms with Crippen LogP contribution in [-0.2, 0) is 6.54 Å². The summed E-state index contributed by atoms with van der Waals surface area (Å²) in [6, 6.07) is 12.0. The van der Waals surface area contributed by atoms with Crippen LogP contribution in [0.1, 0.15) is 28.8 Å². The predicted octanol–water partition coefficient (Wildman–Crippen LogP) is 3.17. The quantitative estimate of drug-likeness (QED) is 0.664. The number of hydrogen-bond acceptors (Lipinski definition) is 5.